The second-order valence-corrected chi connectivity index (χ2v) is 6.63. The molecule has 1 fully saturated rings. The normalized spacial score (nSPS) is 17.8. The molecular weight excluding hydrogens is 317 g/mol. The van der Waals surface area contributed by atoms with Gasteiger partial charge in [-0.1, -0.05) is 18.3 Å². The molecular formula is C15H18FN5OS. The summed E-state index contributed by atoms with van der Waals surface area (Å²) in [5.74, 6) is 0.298. The zero-order chi connectivity index (χ0) is 16.2. The lowest BCUT2D eigenvalue weighted by molar-refractivity contribution is 0.262. The number of anilines is 3. The highest BCUT2D eigenvalue weighted by Gasteiger charge is 2.20. The van der Waals surface area contributed by atoms with E-state index in [1.807, 2.05) is 0 Å². The van der Waals surface area contributed by atoms with Gasteiger partial charge in [-0.05, 0) is 43.0 Å². The topological polar surface area (TPSA) is 70.2 Å². The first kappa shape index (κ1) is 15.7. The lowest BCUT2D eigenvalue weighted by Gasteiger charge is -2.29. The summed E-state index contributed by atoms with van der Waals surface area (Å²) in [5, 5.41) is 14.7. The van der Waals surface area contributed by atoms with Crippen LogP contribution in [0.4, 0.5) is 25.1 Å². The zero-order valence-electron chi connectivity index (χ0n) is 12.8. The fourth-order valence-corrected chi connectivity index (χ4v) is 3.32. The third-order valence-electron chi connectivity index (χ3n) is 3.66. The number of nitrogens with zero attached hydrogens (tertiary/aromatic N) is 3. The summed E-state index contributed by atoms with van der Waals surface area (Å²) in [7, 11) is 0. The van der Waals surface area contributed by atoms with E-state index in [-0.39, 0.29) is 5.82 Å². The van der Waals surface area contributed by atoms with E-state index in [9.17, 15) is 9.18 Å². The Balaban J connectivity index is 1.57. The minimum Gasteiger partial charge on any atom is -0.346 e. The smallest absolute Gasteiger partial charge is 0.325 e. The van der Waals surface area contributed by atoms with Gasteiger partial charge in [0.2, 0.25) is 10.3 Å². The van der Waals surface area contributed by atoms with E-state index in [1.54, 1.807) is 0 Å². The third kappa shape index (κ3) is 4.16. The number of carbonyl (C=O) groups is 1. The van der Waals surface area contributed by atoms with Crippen LogP contribution in [0.1, 0.15) is 19.8 Å². The molecule has 6 nitrogen and oxygen atoms in total. The first-order valence-corrected chi connectivity index (χ1v) is 8.34. The number of halogens is 1. The summed E-state index contributed by atoms with van der Waals surface area (Å²) in [6.07, 6.45) is 2.38. The van der Waals surface area contributed by atoms with E-state index in [0.717, 1.165) is 24.6 Å². The van der Waals surface area contributed by atoms with Crippen molar-refractivity contribution >= 4 is 33.3 Å². The van der Waals surface area contributed by atoms with Crippen LogP contribution in [0, 0.1) is 11.7 Å². The van der Waals surface area contributed by atoms with E-state index in [4.69, 9.17) is 0 Å². The van der Waals surface area contributed by atoms with Crippen molar-refractivity contribution in [2.45, 2.75) is 19.8 Å². The second kappa shape index (κ2) is 6.91. The fraction of sp³-hybridized carbons (Fsp3) is 0.400. The van der Waals surface area contributed by atoms with Crippen LogP contribution in [-0.4, -0.2) is 29.3 Å². The Bertz CT molecular complexity index is 675. The van der Waals surface area contributed by atoms with Crippen LogP contribution in [0.15, 0.2) is 24.3 Å². The van der Waals surface area contributed by atoms with Crippen molar-refractivity contribution in [3.63, 3.8) is 0 Å². The number of hydrogen-bond acceptors (Lipinski definition) is 5. The van der Waals surface area contributed by atoms with Crippen molar-refractivity contribution in [3.8, 4) is 0 Å². The van der Waals surface area contributed by atoms with Crippen LogP contribution >= 0.6 is 11.3 Å². The molecule has 23 heavy (non-hydrogen) atoms. The molecule has 2 N–H and O–H groups in total. The molecule has 1 saturated heterocycles. The van der Waals surface area contributed by atoms with Crippen molar-refractivity contribution in [2.24, 2.45) is 5.92 Å². The Hall–Kier alpha value is -2.22. The van der Waals surface area contributed by atoms with E-state index >= 15 is 0 Å². The molecule has 1 atom stereocenters. The molecule has 122 valence electrons. The number of urea groups is 1. The molecule has 0 bridgehead atoms. The van der Waals surface area contributed by atoms with Crippen LogP contribution in [0.3, 0.4) is 0 Å². The van der Waals surface area contributed by atoms with Gasteiger partial charge in [-0.2, -0.15) is 0 Å². The van der Waals surface area contributed by atoms with E-state index < -0.39 is 6.03 Å². The molecule has 0 radical (unpaired) electrons. The Morgan fingerprint density at radius 2 is 2.09 bits per heavy atom. The van der Waals surface area contributed by atoms with Gasteiger partial charge >= 0.3 is 6.03 Å². The molecule has 2 heterocycles. The molecule has 2 amide bonds. The third-order valence-corrected chi connectivity index (χ3v) is 4.56. The monoisotopic (exact) mass is 335 g/mol. The van der Waals surface area contributed by atoms with Crippen molar-refractivity contribution < 1.29 is 9.18 Å². The van der Waals surface area contributed by atoms with Gasteiger partial charge in [-0.25, -0.2) is 9.18 Å². The predicted molar refractivity (Wildman–Crippen MR) is 89.6 cm³/mol. The minimum atomic E-state index is -0.425. The standard InChI is InChI=1S/C15H18FN5OS/c1-10-3-2-8-21(9-10)15-20-19-14(23-15)18-13(22)17-12-6-4-11(16)5-7-12/h4-7,10H,2-3,8-9H2,1H3,(H2,17,18,19,22). The van der Waals surface area contributed by atoms with Crippen molar-refractivity contribution in [2.75, 3.05) is 28.6 Å². The van der Waals surface area contributed by atoms with Crippen molar-refractivity contribution in [1.82, 2.24) is 10.2 Å². The van der Waals surface area contributed by atoms with Gasteiger partial charge in [-0.15, -0.1) is 10.2 Å². The number of piperidine rings is 1. The molecule has 1 aromatic heterocycles. The maximum Gasteiger partial charge on any atom is 0.325 e. The minimum absolute atomic E-state index is 0.347. The molecule has 2 aromatic rings. The molecule has 1 aliphatic heterocycles. The number of hydrogen-bond donors (Lipinski definition) is 2. The van der Waals surface area contributed by atoms with Gasteiger partial charge in [0.1, 0.15) is 5.82 Å². The maximum absolute atomic E-state index is 12.8. The summed E-state index contributed by atoms with van der Waals surface area (Å²) >= 11 is 1.35. The molecule has 1 aromatic carbocycles. The number of rotatable bonds is 3. The van der Waals surface area contributed by atoms with Crippen LogP contribution < -0.4 is 15.5 Å². The van der Waals surface area contributed by atoms with Gasteiger partial charge in [0.25, 0.3) is 0 Å². The number of benzene rings is 1. The van der Waals surface area contributed by atoms with Gasteiger partial charge in [0.05, 0.1) is 0 Å². The summed E-state index contributed by atoms with van der Waals surface area (Å²) in [5.41, 5.74) is 0.512. The molecule has 8 heteroatoms. The Kier molecular flexibility index (Phi) is 4.71. The first-order valence-electron chi connectivity index (χ1n) is 7.52. The average molecular weight is 335 g/mol. The Morgan fingerprint density at radius 1 is 1.30 bits per heavy atom. The number of aromatic nitrogens is 2. The highest BCUT2D eigenvalue weighted by atomic mass is 32.1. The highest BCUT2D eigenvalue weighted by Crippen LogP contribution is 2.28. The molecule has 0 saturated carbocycles. The van der Waals surface area contributed by atoms with E-state index in [0.29, 0.717) is 16.7 Å². The fourth-order valence-electron chi connectivity index (χ4n) is 2.55. The lowest BCUT2D eigenvalue weighted by Crippen LogP contribution is -2.34. The SMILES string of the molecule is CC1CCCN(c2nnc(NC(=O)Nc3ccc(F)cc3)s2)C1. The van der Waals surface area contributed by atoms with Crippen LogP contribution in [0.2, 0.25) is 0 Å². The van der Waals surface area contributed by atoms with Crippen molar-refractivity contribution in [1.29, 1.82) is 0 Å². The number of carbonyl (C=O) groups excluding carboxylic acids is 1. The summed E-state index contributed by atoms with van der Waals surface area (Å²) < 4.78 is 12.8. The molecule has 0 aliphatic carbocycles. The molecule has 3 rings (SSSR count). The first-order chi connectivity index (χ1) is 11.1. The highest BCUT2D eigenvalue weighted by molar-refractivity contribution is 7.19. The van der Waals surface area contributed by atoms with Gasteiger partial charge in [0.15, 0.2) is 0 Å². The maximum atomic E-state index is 12.8. The number of amides is 2. The Morgan fingerprint density at radius 3 is 2.83 bits per heavy atom. The number of nitrogens with one attached hydrogen (secondary N) is 2. The molecule has 0 spiro atoms. The van der Waals surface area contributed by atoms with Gasteiger partial charge < -0.3 is 10.2 Å². The van der Waals surface area contributed by atoms with Crippen LogP contribution in [0.5, 0.6) is 0 Å². The van der Waals surface area contributed by atoms with Gasteiger partial charge in [0, 0.05) is 18.8 Å². The lowest BCUT2D eigenvalue weighted by atomic mass is 10.0. The zero-order valence-corrected chi connectivity index (χ0v) is 13.6. The van der Waals surface area contributed by atoms with Crippen molar-refractivity contribution in [3.05, 3.63) is 30.1 Å². The largest absolute Gasteiger partial charge is 0.346 e. The van der Waals surface area contributed by atoms with E-state index in [1.165, 1.54) is 42.0 Å². The Labute approximate surface area is 137 Å². The quantitative estimate of drug-likeness (QED) is 0.900. The molecule has 1 unspecified atom stereocenters. The summed E-state index contributed by atoms with van der Waals surface area (Å²) in [4.78, 5) is 14.1. The average Bonchev–Trinajstić information content (AvgIpc) is 2.98. The van der Waals surface area contributed by atoms with Crippen LogP contribution in [-0.2, 0) is 0 Å². The molecule has 1 aliphatic rings. The summed E-state index contributed by atoms with van der Waals surface area (Å²) in [6.45, 7) is 4.17. The van der Waals surface area contributed by atoms with Crippen LogP contribution in [0.25, 0.3) is 0 Å². The van der Waals surface area contributed by atoms with E-state index in [2.05, 4.69) is 32.7 Å². The second-order valence-electron chi connectivity index (χ2n) is 5.67. The predicted octanol–water partition coefficient (Wildman–Crippen LogP) is 3.56. The summed E-state index contributed by atoms with van der Waals surface area (Å²) in [6, 6.07) is 5.14. The van der Waals surface area contributed by atoms with Gasteiger partial charge in [-0.3, -0.25) is 5.32 Å².